The van der Waals surface area contributed by atoms with E-state index in [-0.39, 0.29) is 16.5 Å². The van der Waals surface area contributed by atoms with Crippen LogP contribution in [0.15, 0.2) is 6.20 Å². The molecular weight excluding hydrogens is 342 g/mol. The summed E-state index contributed by atoms with van der Waals surface area (Å²) in [5, 5.41) is 17.6. The number of aromatic nitrogens is 2. The molecule has 0 spiro atoms. The fourth-order valence-electron chi connectivity index (χ4n) is 4.86. The number of hydrogen-bond donors (Lipinski definition) is 4. The fourth-order valence-corrected chi connectivity index (χ4v) is 4.86. The average molecular weight is 374 g/mol. The SMILES string of the molecule is CC12CCC(Nc3ncc(C(N)=O)c(NC(C)(C)C4CC4)n3)(CC1)C(O)C2. The third kappa shape index (κ3) is 3.37. The normalized spacial score (nSPS) is 33.0. The molecule has 1 amide bonds. The second-order valence-corrected chi connectivity index (χ2v) is 9.75. The van der Waals surface area contributed by atoms with Crippen molar-refractivity contribution in [3.63, 3.8) is 0 Å². The number of nitrogens with two attached hydrogens (primary N) is 1. The lowest BCUT2D eigenvalue weighted by Crippen LogP contribution is -2.59. The van der Waals surface area contributed by atoms with E-state index in [1.54, 1.807) is 0 Å². The maximum absolute atomic E-state index is 11.8. The number of primary amides is 1. The maximum Gasteiger partial charge on any atom is 0.254 e. The van der Waals surface area contributed by atoms with E-state index < -0.39 is 12.0 Å². The highest BCUT2D eigenvalue weighted by Gasteiger charge is 2.52. The molecule has 4 aliphatic carbocycles. The number of carbonyl (C=O) groups is 1. The molecule has 1 unspecified atom stereocenters. The molecule has 4 aliphatic rings. The Hall–Kier alpha value is -1.89. The van der Waals surface area contributed by atoms with E-state index in [1.807, 2.05) is 0 Å². The lowest BCUT2D eigenvalue weighted by atomic mass is 9.57. The van der Waals surface area contributed by atoms with Crippen molar-refractivity contribution < 1.29 is 9.90 Å². The second kappa shape index (κ2) is 6.06. The summed E-state index contributed by atoms with van der Waals surface area (Å²) in [5.41, 5.74) is 5.54. The molecule has 0 saturated heterocycles. The van der Waals surface area contributed by atoms with Gasteiger partial charge in [-0.3, -0.25) is 4.79 Å². The van der Waals surface area contributed by atoms with E-state index in [2.05, 4.69) is 41.4 Å². The Balaban J connectivity index is 1.60. The maximum atomic E-state index is 11.8. The summed E-state index contributed by atoms with van der Waals surface area (Å²) in [4.78, 5) is 20.8. The number of nitrogens with zero attached hydrogens (tertiary/aromatic N) is 2. The van der Waals surface area contributed by atoms with Crippen molar-refractivity contribution in [3.05, 3.63) is 11.8 Å². The van der Waals surface area contributed by atoms with E-state index in [9.17, 15) is 9.90 Å². The Morgan fingerprint density at radius 2 is 1.96 bits per heavy atom. The van der Waals surface area contributed by atoms with Crippen LogP contribution in [0.25, 0.3) is 0 Å². The molecule has 1 aromatic rings. The predicted octanol–water partition coefficient (Wildman–Crippen LogP) is 2.67. The Labute approximate surface area is 160 Å². The quantitative estimate of drug-likeness (QED) is 0.610. The molecule has 1 aromatic heterocycles. The number of aliphatic hydroxyl groups excluding tert-OH is 1. The predicted molar refractivity (Wildman–Crippen MR) is 105 cm³/mol. The van der Waals surface area contributed by atoms with E-state index >= 15 is 0 Å². The zero-order valence-corrected chi connectivity index (χ0v) is 16.5. The fraction of sp³-hybridized carbons (Fsp3) is 0.750. The summed E-state index contributed by atoms with van der Waals surface area (Å²) in [6, 6.07) is 0. The van der Waals surface area contributed by atoms with Gasteiger partial charge in [-0.25, -0.2) is 4.98 Å². The molecule has 27 heavy (non-hydrogen) atoms. The van der Waals surface area contributed by atoms with Crippen molar-refractivity contribution in [1.29, 1.82) is 0 Å². The topological polar surface area (TPSA) is 113 Å². The van der Waals surface area contributed by atoms with Crippen LogP contribution < -0.4 is 16.4 Å². The first-order valence-corrected chi connectivity index (χ1v) is 10.0. The summed E-state index contributed by atoms with van der Waals surface area (Å²) in [6.07, 6.45) is 8.23. The van der Waals surface area contributed by atoms with Crippen LogP contribution in [-0.4, -0.2) is 38.2 Å². The van der Waals surface area contributed by atoms with Gasteiger partial charge in [0, 0.05) is 11.7 Å². The first-order chi connectivity index (χ1) is 12.6. The molecule has 1 heterocycles. The van der Waals surface area contributed by atoms with Gasteiger partial charge in [0.25, 0.3) is 5.91 Å². The number of aliphatic hydroxyl groups is 1. The van der Waals surface area contributed by atoms with E-state index in [0.717, 1.165) is 32.1 Å². The highest BCUT2D eigenvalue weighted by molar-refractivity contribution is 5.97. The molecule has 2 bridgehead atoms. The highest BCUT2D eigenvalue weighted by atomic mass is 16.3. The van der Waals surface area contributed by atoms with Gasteiger partial charge in [-0.2, -0.15) is 4.98 Å². The second-order valence-electron chi connectivity index (χ2n) is 9.75. The van der Waals surface area contributed by atoms with Gasteiger partial charge in [0.2, 0.25) is 5.95 Å². The standard InChI is InChI=1S/C20H31N5O2/c1-18(2,12-4-5-12)24-16-13(15(21)27)11-22-17(23-16)25-20-8-6-19(3,7-9-20)10-14(20)26/h11-12,14,26H,4-10H2,1-3H3,(H2,21,27)(H2,22,23,24,25). The largest absolute Gasteiger partial charge is 0.391 e. The smallest absolute Gasteiger partial charge is 0.254 e. The molecule has 4 saturated carbocycles. The van der Waals surface area contributed by atoms with Crippen LogP contribution >= 0.6 is 0 Å². The lowest BCUT2D eigenvalue weighted by molar-refractivity contribution is -0.0504. The van der Waals surface area contributed by atoms with Gasteiger partial charge in [0.1, 0.15) is 5.82 Å². The minimum absolute atomic E-state index is 0.162. The van der Waals surface area contributed by atoms with Gasteiger partial charge in [-0.15, -0.1) is 0 Å². The molecule has 148 valence electrons. The Kier molecular flexibility index (Phi) is 4.14. The molecule has 7 heteroatoms. The molecule has 7 nitrogen and oxygen atoms in total. The third-order valence-electron chi connectivity index (χ3n) is 7.13. The van der Waals surface area contributed by atoms with Crippen molar-refractivity contribution in [3.8, 4) is 0 Å². The van der Waals surface area contributed by atoms with Crippen molar-refractivity contribution in [2.75, 3.05) is 10.6 Å². The third-order valence-corrected chi connectivity index (χ3v) is 7.13. The number of fused-ring (bicyclic) bond motifs is 3. The average Bonchev–Trinajstić information content (AvgIpc) is 3.41. The first-order valence-electron chi connectivity index (χ1n) is 10.0. The summed E-state index contributed by atoms with van der Waals surface area (Å²) >= 11 is 0. The van der Waals surface area contributed by atoms with Crippen LogP contribution in [0.3, 0.4) is 0 Å². The minimum atomic E-state index is -0.542. The molecule has 5 rings (SSSR count). The van der Waals surface area contributed by atoms with Gasteiger partial charge in [-0.05, 0) is 70.1 Å². The molecule has 0 radical (unpaired) electrons. The lowest BCUT2D eigenvalue weighted by Gasteiger charge is -2.55. The van der Waals surface area contributed by atoms with Crippen LogP contribution in [0.1, 0.15) is 76.1 Å². The summed E-state index contributed by atoms with van der Waals surface area (Å²) in [7, 11) is 0. The van der Waals surface area contributed by atoms with Crippen molar-refractivity contribution in [2.24, 2.45) is 17.1 Å². The van der Waals surface area contributed by atoms with Crippen LogP contribution in [0, 0.1) is 11.3 Å². The van der Waals surface area contributed by atoms with Gasteiger partial charge in [0.05, 0.1) is 17.2 Å². The zero-order valence-electron chi connectivity index (χ0n) is 16.5. The Morgan fingerprint density at radius 3 is 2.52 bits per heavy atom. The molecule has 5 N–H and O–H groups in total. The molecule has 0 aliphatic heterocycles. The Bertz CT molecular complexity index is 751. The summed E-state index contributed by atoms with van der Waals surface area (Å²) < 4.78 is 0. The number of hydrogen-bond acceptors (Lipinski definition) is 6. The van der Waals surface area contributed by atoms with Gasteiger partial charge >= 0.3 is 0 Å². The van der Waals surface area contributed by atoms with Crippen LogP contribution in [0.2, 0.25) is 0 Å². The molecule has 0 aromatic carbocycles. The van der Waals surface area contributed by atoms with Crippen molar-refractivity contribution >= 4 is 17.7 Å². The van der Waals surface area contributed by atoms with Gasteiger partial charge in [0.15, 0.2) is 0 Å². The number of carbonyl (C=O) groups excluding carboxylic acids is 1. The highest BCUT2D eigenvalue weighted by Crippen LogP contribution is 2.53. The Morgan fingerprint density at radius 1 is 1.30 bits per heavy atom. The van der Waals surface area contributed by atoms with E-state index in [1.165, 1.54) is 19.0 Å². The van der Waals surface area contributed by atoms with Crippen LogP contribution in [0.4, 0.5) is 11.8 Å². The van der Waals surface area contributed by atoms with Gasteiger partial charge in [-0.1, -0.05) is 6.92 Å². The summed E-state index contributed by atoms with van der Waals surface area (Å²) in [6.45, 7) is 6.51. The molecule has 4 fully saturated rings. The zero-order chi connectivity index (χ0) is 19.4. The molecule has 1 atom stereocenters. The summed E-state index contributed by atoms with van der Waals surface area (Å²) in [5.74, 6) is 0.942. The van der Waals surface area contributed by atoms with E-state index in [4.69, 9.17) is 5.73 Å². The van der Waals surface area contributed by atoms with Gasteiger partial charge < -0.3 is 21.5 Å². The number of nitrogens with one attached hydrogen (secondary N) is 2. The number of anilines is 2. The van der Waals surface area contributed by atoms with E-state index in [0.29, 0.717) is 23.2 Å². The first kappa shape index (κ1) is 18.5. The van der Waals surface area contributed by atoms with Crippen LogP contribution in [-0.2, 0) is 0 Å². The monoisotopic (exact) mass is 373 g/mol. The number of amides is 1. The van der Waals surface area contributed by atoms with Crippen molar-refractivity contribution in [1.82, 2.24) is 9.97 Å². The minimum Gasteiger partial charge on any atom is -0.391 e. The van der Waals surface area contributed by atoms with Crippen molar-refractivity contribution in [2.45, 2.75) is 82.9 Å². The van der Waals surface area contributed by atoms with Crippen LogP contribution in [0.5, 0.6) is 0 Å². The molecular formula is C20H31N5O2. The number of rotatable bonds is 6.